The van der Waals surface area contributed by atoms with Crippen molar-refractivity contribution in [2.45, 2.75) is 57.4 Å². The summed E-state index contributed by atoms with van der Waals surface area (Å²) >= 11 is 2.03. The van der Waals surface area contributed by atoms with E-state index in [1.165, 1.54) is 24.1 Å². The molecular formula is C17H25NS. The van der Waals surface area contributed by atoms with Crippen LogP contribution in [0.1, 0.15) is 53.8 Å². The van der Waals surface area contributed by atoms with Crippen molar-refractivity contribution in [1.29, 1.82) is 0 Å². The van der Waals surface area contributed by atoms with Gasteiger partial charge < -0.3 is 5.32 Å². The van der Waals surface area contributed by atoms with Gasteiger partial charge >= 0.3 is 0 Å². The summed E-state index contributed by atoms with van der Waals surface area (Å²) in [6.45, 7) is 3.35. The molecule has 1 aromatic heterocycles. The summed E-state index contributed by atoms with van der Waals surface area (Å²) in [5.41, 5.74) is 2.31. The standard InChI is InChI=1S/C17H25NS/c1-11-3-15(16(19-11)10-18-2)17-7-12-4-13(8-17)6-14(5-12)9-17/h3,12-14,18H,4-10H2,1-2H3. The molecule has 4 bridgehead atoms. The Hall–Kier alpha value is -0.340. The van der Waals surface area contributed by atoms with Crippen LogP contribution >= 0.6 is 11.3 Å². The van der Waals surface area contributed by atoms with Crippen molar-refractivity contribution in [3.05, 3.63) is 21.4 Å². The van der Waals surface area contributed by atoms with Crippen LogP contribution in [0.4, 0.5) is 0 Å². The lowest BCUT2D eigenvalue weighted by molar-refractivity contribution is -0.00538. The minimum Gasteiger partial charge on any atom is -0.315 e. The van der Waals surface area contributed by atoms with Crippen LogP contribution in [0.25, 0.3) is 0 Å². The van der Waals surface area contributed by atoms with Gasteiger partial charge in [-0.15, -0.1) is 11.3 Å². The van der Waals surface area contributed by atoms with Crippen molar-refractivity contribution in [2.24, 2.45) is 17.8 Å². The SMILES string of the molecule is CNCc1sc(C)cc1C12CC3CC(CC(C3)C1)C2. The van der Waals surface area contributed by atoms with Crippen molar-refractivity contribution in [1.82, 2.24) is 5.32 Å². The maximum Gasteiger partial charge on any atom is 0.0299 e. The van der Waals surface area contributed by atoms with Gasteiger partial charge in [0.1, 0.15) is 0 Å². The molecular weight excluding hydrogens is 250 g/mol. The number of rotatable bonds is 3. The Morgan fingerprint density at radius 1 is 1.16 bits per heavy atom. The number of thiophene rings is 1. The first-order chi connectivity index (χ1) is 9.18. The number of aryl methyl sites for hydroxylation is 1. The lowest BCUT2D eigenvalue weighted by Gasteiger charge is -2.57. The molecule has 4 fully saturated rings. The van der Waals surface area contributed by atoms with Crippen LogP contribution in [0.3, 0.4) is 0 Å². The van der Waals surface area contributed by atoms with Gasteiger partial charge in [0.25, 0.3) is 0 Å². The Kier molecular flexibility index (Phi) is 2.82. The fraction of sp³-hybridized carbons (Fsp3) is 0.765. The molecule has 4 aliphatic carbocycles. The molecule has 5 rings (SSSR count). The van der Waals surface area contributed by atoms with E-state index >= 15 is 0 Å². The fourth-order valence-corrected chi connectivity index (χ4v) is 6.91. The van der Waals surface area contributed by atoms with Gasteiger partial charge in [-0.3, -0.25) is 0 Å². The van der Waals surface area contributed by atoms with E-state index < -0.39 is 0 Å². The first-order valence-corrected chi connectivity index (χ1v) is 8.74. The molecule has 4 saturated carbocycles. The molecule has 1 aromatic rings. The third-order valence-electron chi connectivity index (χ3n) is 5.88. The van der Waals surface area contributed by atoms with Crippen molar-refractivity contribution in [3.8, 4) is 0 Å². The Balaban J connectivity index is 1.75. The fourth-order valence-electron chi connectivity index (χ4n) is 5.74. The normalized spacial score (nSPS) is 40.0. The third kappa shape index (κ3) is 1.91. The largest absolute Gasteiger partial charge is 0.315 e. The second kappa shape index (κ2) is 4.33. The third-order valence-corrected chi connectivity index (χ3v) is 6.93. The predicted molar refractivity (Wildman–Crippen MR) is 81.7 cm³/mol. The summed E-state index contributed by atoms with van der Waals surface area (Å²) in [5, 5.41) is 3.38. The zero-order valence-electron chi connectivity index (χ0n) is 12.2. The summed E-state index contributed by atoms with van der Waals surface area (Å²) < 4.78 is 0. The minimum absolute atomic E-state index is 0.575. The molecule has 0 aromatic carbocycles. The van der Waals surface area contributed by atoms with E-state index in [-0.39, 0.29) is 0 Å². The summed E-state index contributed by atoms with van der Waals surface area (Å²) in [6.07, 6.45) is 9.11. The predicted octanol–water partition coefficient (Wildman–Crippen LogP) is 4.24. The van der Waals surface area contributed by atoms with Gasteiger partial charge in [-0.05, 0) is 87.3 Å². The molecule has 1 N–H and O–H groups in total. The Morgan fingerprint density at radius 2 is 1.74 bits per heavy atom. The average molecular weight is 275 g/mol. The number of hydrogen-bond acceptors (Lipinski definition) is 2. The van der Waals surface area contributed by atoms with Crippen LogP contribution in [-0.4, -0.2) is 7.05 Å². The van der Waals surface area contributed by atoms with Gasteiger partial charge in [0.2, 0.25) is 0 Å². The van der Waals surface area contributed by atoms with E-state index in [0.29, 0.717) is 5.41 Å². The van der Waals surface area contributed by atoms with E-state index in [2.05, 4.69) is 25.4 Å². The highest BCUT2D eigenvalue weighted by Gasteiger charge is 2.52. The van der Waals surface area contributed by atoms with E-state index in [0.717, 1.165) is 24.3 Å². The molecule has 0 atom stereocenters. The zero-order valence-corrected chi connectivity index (χ0v) is 13.0. The van der Waals surface area contributed by atoms with Crippen molar-refractivity contribution < 1.29 is 0 Å². The van der Waals surface area contributed by atoms with Crippen molar-refractivity contribution in [3.63, 3.8) is 0 Å². The Morgan fingerprint density at radius 3 is 2.26 bits per heavy atom. The molecule has 0 radical (unpaired) electrons. The molecule has 19 heavy (non-hydrogen) atoms. The summed E-state index contributed by atoms with van der Waals surface area (Å²) in [6, 6.07) is 2.53. The van der Waals surface area contributed by atoms with E-state index in [4.69, 9.17) is 0 Å². The molecule has 4 aliphatic rings. The van der Waals surface area contributed by atoms with E-state index in [1.54, 1.807) is 29.7 Å². The van der Waals surface area contributed by atoms with Gasteiger partial charge in [-0.2, -0.15) is 0 Å². The zero-order chi connectivity index (χ0) is 13.0. The van der Waals surface area contributed by atoms with Crippen LogP contribution in [0.15, 0.2) is 6.07 Å². The smallest absolute Gasteiger partial charge is 0.0299 e. The molecule has 0 spiro atoms. The van der Waals surface area contributed by atoms with Gasteiger partial charge in [-0.25, -0.2) is 0 Å². The molecule has 1 nitrogen and oxygen atoms in total. The summed E-state index contributed by atoms with van der Waals surface area (Å²) in [5.74, 6) is 3.15. The maximum absolute atomic E-state index is 3.38. The lowest BCUT2D eigenvalue weighted by atomic mass is 9.48. The lowest BCUT2D eigenvalue weighted by Crippen LogP contribution is -2.48. The van der Waals surface area contributed by atoms with Crippen LogP contribution in [0.5, 0.6) is 0 Å². The van der Waals surface area contributed by atoms with Crippen molar-refractivity contribution >= 4 is 11.3 Å². The number of nitrogens with one attached hydrogen (secondary N) is 1. The van der Waals surface area contributed by atoms with Gasteiger partial charge in [0, 0.05) is 16.3 Å². The maximum atomic E-state index is 3.38. The topological polar surface area (TPSA) is 12.0 Å². The Labute approximate surface area is 120 Å². The van der Waals surface area contributed by atoms with Crippen LogP contribution < -0.4 is 5.32 Å². The van der Waals surface area contributed by atoms with Crippen LogP contribution in [0.2, 0.25) is 0 Å². The first-order valence-electron chi connectivity index (χ1n) is 7.93. The van der Waals surface area contributed by atoms with E-state index in [9.17, 15) is 0 Å². The molecule has 2 heteroatoms. The second-order valence-electron chi connectivity index (χ2n) is 7.42. The van der Waals surface area contributed by atoms with Crippen LogP contribution in [-0.2, 0) is 12.0 Å². The highest BCUT2D eigenvalue weighted by Crippen LogP contribution is 2.61. The molecule has 1 heterocycles. The van der Waals surface area contributed by atoms with E-state index in [1.807, 2.05) is 11.3 Å². The summed E-state index contributed by atoms with van der Waals surface area (Å²) in [7, 11) is 2.08. The molecule has 0 aliphatic heterocycles. The van der Waals surface area contributed by atoms with Crippen LogP contribution in [0, 0.1) is 24.7 Å². The minimum atomic E-state index is 0.575. The van der Waals surface area contributed by atoms with Gasteiger partial charge in [0.05, 0.1) is 0 Å². The Bertz CT molecular complexity index is 452. The van der Waals surface area contributed by atoms with Crippen molar-refractivity contribution in [2.75, 3.05) is 7.05 Å². The van der Waals surface area contributed by atoms with Gasteiger partial charge in [-0.1, -0.05) is 0 Å². The molecule has 0 saturated heterocycles. The highest BCUT2D eigenvalue weighted by atomic mass is 32.1. The molecule has 0 amide bonds. The molecule has 0 unspecified atom stereocenters. The monoisotopic (exact) mass is 275 g/mol. The quantitative estimate of drug-likeness (QED) is 0.870. The summed E-state index contributed by atoms with van der Waals surface area (Å²) in [4.78, 5) is 3.14. The first kappa shape index (κ1) is 12.4. The highest BCUT2D eigenvalue weighted by molar-refractivity contribution is 7.12. The second-order valence-corrected chi connectivity index (χ2v) is 8.76. The number of hydrogen-bond donors (Lipinski definition) is 1. The average Bonchev–Trinajstić information content (AvgIpc) is 2.70. The molecule has 104 valence electrons. The van der Waals surface area contributed by atoms with Gasteiger partial charge in [0.15, 0.2) is 0 Å².